The lowest BCUT2D eigenvalue weighted by Crippen LogP contribution is -2.40. The summed E-state index contributed by atoms with van der Waals surface area (Å²) in [7, 11) is 2.31. The van der Waals surface area contributed by atoms with Crippen molar-refractivity contribution in [2.24, 2.45) is 5.92 Å². The maximum absolute atomic E-state index is 3.80. The molecule has 2 atom stereocenters. The summed E-state index contributed by atoms with van der Waals surface area (Å²) in [5.74, 6) is 0.951. The molecule has 2 heteroatoms. The number of nitrogens with zero attached hydrogens (tertiary/aromatic N) is 1. The van der Waals surface area contributed by atoms with Crippen LogP contribution in [-0.4, -0.2) is 37.1 Å². The topological polar surface area (TPSA) is 15.3 Å². The average Bonchev–Trinajstić information content (AvgIpc) is 2.99. The predicted octanol–water partition coefficient (Wildman–Crippen LogP) is 3.03. The third-order valence-electron chi connectivity index (χ3n) is 5.00. The van der Waals surface area contributed by atoms with Crippen LogP contribution in [0.15, 0.2) is 0 Å². The molecule has 100 valence electrons. The second-order valence-corrected chi connectivity index (χ2v) is 6.08. The van der Waals surface area contributed by atoms with E-state index in [1.807, 2.05) is 0 Å². The molecule has 2 aliphatic rings. The van der Waals surface area contributed by atoms with Crippen molar-refractivity contribution in [2.45, 2.75) is 70.4 Å². The van der Waals surface area contributed by atoms with E-state index in [1.54, 1.807) is 0 Å². The Kier molecular flexibility index (Phi) is 5.30. The van der Waals surface area contributed by atoms with E-state index in [-0.39, 0.29) is 0 Å². The van der Waals surface area contributed by atoms with E-state index in [4.69, 9.17) is 0 Å². The van der Waals surface area contributed by atoms with Crippen LogP contribution < -0.4 is 5.32 Å². The molecule has 0 bridgehead atoms. The number of hydrogen-bond donors (Lipinski definition) is 1. The van der Waals surface area contributed by atoms with E-state index in [0.29, 0.717) is 0 Å². The van der Waals surface area contributed by atoms with Crippen molar-refractivity contribution in [1.82, 2.24) is 10.2 Å². The van der Waals surface area contributed by atoms with E-state index in [0.717, 1.165) is 18.0 Å². The molecule has 2 aliphatic carbocycles. The zero-order valence-electron chi connectivity index (χ0n) is 11.8. The number of rotatable bonds is 6. The van der Waals surface area contributed by atoms with Crippen LogP contribution >= 0.6 is 0 Å². The van der Waals surface area contributed by atoms with Gasteiger partial charge in [-0.25, -0.2) is 0 Å². The van der Waals surface area contributed by atoms with Crippen molar-refractivity contribution >= 4 is 0 Å². The summed E-state index contributed by atoms with van der Waals surface area (Å²) in [6.07, 6.45) is 11.4. The molecule has 0 spiro atoms. The van der Waals surface area contributed by atoms with Crippen LogP contribution in [-0.2, 0) is 0 Å². The lowest BCUT2D eigenvalue weighted by molar-refractivity contribution is 0.238. The van der Waals surface area contributed by atoms with Crippen LogP contribution in [0.5, 0.6) is 0 Å². The minimum absolute atomic E-state index is 0.817. The van der Waals surface area contributed by atoms with Gasteiger partial charge >= 0.3 is 0 Å². The molecule has 0 radical (unpaired) electrons. The molecule has 1 N–H and O–H groups in total. The van der Waals surface area contributed by atoms with Crippen molar-refractivity contribution in [3.63, 3.8) is 0 Å². The number of hydrogen-bond acceptors (Lipinski definition) is 2. The van der Waals surface area contributed by atoms with Gasteiger partial charge in [-0.1, -0.05) is 32.6 Å². The molecule has 2 nitrogen and oxygen atoms in total. The monoisotopic (exact) mass is 238 g/mol. The van der Waals surface area contributed by atoms with Crippen molar-refractivity contribution < 1.29 is 0 Å². The molecule has 0 aromatic rings. The summed E-state index contributed by atoms with van der Waals surface area (Å²) >= 11 is 0. The first-order valence-electron chi connectivity index (χ1n) is 7.75. The molecule has 2 fully saturated rings. The maximum atomic E-state index is 3.80. The standard InChI is InChI=1S/C15H30N2/c1-3-13-7-6-10-15(13)16-11-12-17(2)14-8-4-5-9-14/h13-16H,3-12H2,1-2H3. The first kappa shape index (κ1) is 13.4. The highest BCUT2D eigenvalue weighted by Gasteiger charge is 2.25. The van der Waals surface area contributed by atoms with Crippen molar-refractivity contribution in [1.29, 1.82) is 0 Å². The summed E-state index contributed by atoms with van der Waals surface area (Å²) in [5, 5.41) is 3.80. The fraction of sp³-hybridized carbons (Fsp3) is 1.00. The highest BCUT2D eigenvalue weighted by atomic mass is 15.1. The SMILES string of the molecule is CCC1CCCC1NCCN(C)C1CCCC1. The van der Waals surface area contributed by atoms with Gasteiger partial charge in [0.05, 0.1) is 0 Å². The van der Waals surface area contributed by atoms with E-state index < -0.39 is 0 Å². The third kappa shape index (κ3) is 3.69. The molecule has 0 aliphatic heterocycles. The molecule has 0 aromatic heterocycles. The van der Waals surface area contributed by atoms with Gasteiger partial charge in [0.15, 0.2) is 0 Å². The lowest BCUT2D eigenvalue weighted by Gasteiger charge is -2.26. The first-order valence-corrected chi connectivity index (χ1v) is 7.75. The van der Waals surface area contributed by atoms with Gasteiger partial charge in [-0.05, 0) is 38.6 Å². The van der Waals surface area contributed by atoms with Gasteiger partial charge in [0.2, 0.25) is 0 Å². The molecule has 0 saturated heterocycles. The Morgan fingerprint density at radius 3 is 2.53 bits per heavy atom. The van der Waals surface area contributed by atoms with Gasteiger partial charge in [0, 0.05) is 25.2 Å². The van der Waals surface area contributed by atoms with Crippen molar-refractivity contribution in [3.8, 4) is 0 Å². The van der Waals surface area contributed by atoms with E-state index in [1.165, 1.54) is 64.5 Å². The van der Waals surface area contributed by atoms with Gasteiger partial charge in [-0.3, -0.25) is 0 Å². The van der Waals surface area contributed by atoms with Crippen LogP contribution in [0.4, 0.5) is 0 Å². The van der Waals surface area contributed by atoms with E-state index in [2.05, 4.69) is 24.2 Å². The third-order valence-corrected chi connectivity index (χ3v) is 5.00. The Morgan fingerprint density at radius 1 is 1.06 bits per heavy atom. The Balaban J connectivity index is 1.61. The molecule has 0 aromatic carbocycles. The zero-order chi connectivity index (χ0) is 12.1. The molecule has 17 heavy (non-hydrogen) atoms. The zero-order valence-corrected chi connectivity index (χ0v) is 11.8. The smallest absolute Gasteiger partial charge is 0.0107 e. The van der Waals surface area contributed by atoms with Gasteiger partial charge in [-0.15, -0.1) is 0 Å². The Bertz CT molecular complexity index is 211. The number of likely N-dealkylation sites (N-methyl/N-ethyl adjacent to an activating group) is 1. The normalized spacial score (nSPS) is 30.5. The highest BCUT2D eigenvalue weighted by molar-refractivity contribution is 4.83. The molecule has 2 saturated carbocycles. The summed E-state index contributed by atoms with van der Waals surface area (Å²) in [4.78, 5) is 2.58. The fourth-order valence-electron chi connectivity index (χ4n) is 3.75. The fourth-order valence-corrected chi connectivity index (χ4v) is 3.75. The molecular weight excluding hydrogens is 208 g/mol. The van der Waals surface area contributed by atoms with Crippen LogP contribution in [0.2, 0.25) is 0 Å². The first-order chi connectivity index (χ1) is 8.31. The van der Waals surface area contributed by atoms with E-state index >= 15 is 0 Å². The summed E-state index contributed by atoms with van der Waals surface area (Å²) in [6, 6.07) is 1.69. The highest BCUT2D eigenvalue weighted by Crippen LogP contribution is 2.28. The molecular formula is C15H30N2. The van der Waals surface area contributed by atoms with Gasteiger partial charge in [0.25, 0.3) is 0 Å². The maximum Gasteiger partial charge on any atom is 0.0107 e. The summed E-state index contributed by atoms with van der Waals surface area (Å²) < 4.78 is 0. The predicted molar refractivity (Wildman–Crippen MR) is 74.3 cm³/mol. The second-order valence-electron chi connectivity index (χ2n) is 6.08. The van der Waals surface area contributed by atoms with Crippen molar-refractivity contribution in [3.05, 3.63) is 0 Å². The van der Waals surface area contributed by atoms with Crippen LogP contribution in [0.3, 0.4) is 0 Å². The van der Waals surface area contributed by atoms with Gasteiger partial charge in [-0.2, -0.15) is 0 Å². The minimum atomic E-state index is 0.817. The van der Waals surface area contributed by atoms with E-state index in [9.17, 15) is 0 Å². The average molecular weight is 238 g/mol. The quantitative estimate of drug-likeness (QED) is 0.765. The summed E-state index contributed by atoms with van der Waals surface area (Å²) in [6.45, 7) is 4.76. The largest absolute Gasteiger partial charge is 0.312 e. The molecule has 0 amide bonds. The second kappa shape index (κ2) is 6.75. The summed E-state index contributed by atoms with van der Waals surface area (Å²) in [5.41, 5.74) is 0. The molecule has 2 unspecified atom stereocenters. The van der Waals surface area contributed by atoms with Crippen LogP contribution in [0, 0.1) is 5.92 Å². The Labute approximate surface area is 107 Å². The van der Waals surface area contributed by atoms with Crippen LogP contribution in [0.1, 0.15) is 58.3 Å². The van der Waals surface area contributed by atoms with Gasteiger partial charge < -0.3 is 10.2 Å². The van der Waals surface area contributed by atoms with Gasteiger partial charge in [0.1, 0.15) is 0 Å². The lowest BCUT2D eigenvalue weighted by atomic mass is 10.0. The number of nitrogens with one attached hydrogen (secondary N) is 1. The Morgan fingerprint density at radius 2 is 1.82 bits per heavy atom. The van der Waals surface area contributed by atoms with Crippen molar-refractivity contribution in [2.75, 3.05) is 20.1 Å². The van der Waals surface area contributed by atoms with Crippen LogP contribution in [0.25, 0.3) is 0 Å². The Hall–Kier alpha value is -0.0800. The minimum Gasteiger partial charge on any atom is -0.312 e. The molecule has 2 rings (SSSR count). The molecule has 0 heterocycles.